The van der Waals surface area contributed by atoms with E-state index >= 15 is 0 Å². The maximum Gasteiger partial charge on any atom is 0.322 e. The number of amides is 3. The van der Waals surface area contributed by atoms with E-state index in [2.05, 4.69) is 22.5 Å². The van der Waals surface area contributed by atoms with Crippen molar-refractivity contribution in [3.63, 3.8) is 0 Å². The third-order valence-electron chi connectivity index (χ3n) is 5.40. The zero-order valence-electron chi connectivity index (χ0n) is 15.7. The van der Waals surface area contributed by atoms with Crippen LogP contribution in [-0.2, 0) is 0 Å². The van der Waals surface area contributed by atoms with Crippen LogP contribution in [0.4, 0.5) is 10.5 Å². The molecule has 0 aromatic heterocycles. The summed E-state index contributed by atoms with van der Waals surface area (Å²) < 4.78 is 5.30. The molecule has 1 atom stereocenters. The minimum atomic E-state index is -0.203. The molecule has 0 spiro atoms. The topological polar surface area (TPSA) is 73.9 Å². The minimum Gasteiger partial charge on any atom is -0.495 e. The van der Waals surface area contributed by atoms with Crippen molar-refractivity contribution in [1.29, 1.82) is 0 Å². The van der Waals surface area contributed by atoms with Crippen molar-refractivity contribution in [3.8, 4) is 5.75 Å². The fourth-order valence-corrected chi connectivity index (χ4v) is 3.78. The molecule has 2 heterocycles. The first-order valence-corrected chi connectivity index (χ1v) is 9.25. The summed E-state index contributed by atoms with van der Waals surface area (Å²) in [5.41, 5.74) is 0.987. The van der Waals surface area contributed by atoms with Crippen LogP contribution < -0.4 is 15.4 Å². The van der Waals surface area contributed by atoms with Crippen LogP contribution in [0.3, 0.4) is 0 Å². The Morgan fingerprint density at radius 3 is 2.65 bits per heavy atom. The Kier molecular flexibility index (Phi) is 5.66. The molecule has 7 nitrogen and oxygen atoms in total. The number of hydrogen-bond acceptors (Lipinski definition) is 4. The number of carbonyl (C=O) groups excluding carboxylic acids is 2. The van der Waals surface area contributed by atoms with Crippen LogP contribution in [0.25, 0.3) is 0 Å². The number of urea groups is 1. The summed E-state index contributed by atoms with van der Waals surface area (Å²) in [5, 5.41) is 5.46. The molecule has 2 fully saturated rings. The highest BCUT2D eigenvalue weighted by molar-refractivity contribution is 5.98. The van der Waals surface area contributed by atoms with Crippen molar-refractivity contribution in [2.75, 3.05) is 39.1 Å². The van der Waals surface area contributed by atoms with Gasteiger partial charge in [0, 0.05) is 37.8 Å². The molecule has 1 aromatic carbocycles. The number of ether oxygens (including phenoxy) is 1. The summed E-state index contributed by atoms with van der Waals surface area (Å²) in [4.78, 5) is 28.7. The van der Waals surface area contributed by atoms with Gasteiger partial charge in [0.25, 0.3) is 5.91 Å². The van der Waals surface area contributed by atoms with Crippen LogP contribution in [0.2, 0.25) is 0 Å². The smallest absolute Gasteiger partial charge is 0.322 e. The Hall–Kier alpha value is -2.28. The summed E-state index contributed by atoms with van der Waals surface area (Å²) >= 11 is 0. The van der Waals surface area contributed by atoms with E-state index in [-0.39, 0.29) is 11.9 Å². The van der Waals surface area contributed by atoms with Gasteiger partial charge in [-0.05, 0) is 44.5 Å². The van der Waals surface area contributed by atoms with Crippen LogP contribution >= 0.6 is 0 Å². The highest BCUT2D eigenvalue weighted by atomic mass is 16.5. The molecular formula is C19H28N4O3. The van der Waals surface area contributed by atoms with Crippen molar-refractivity contribution < 1.29 is 14.3 Å². The Labute approximate surface area is 154 Å². The average molecular weight is 360 g/mol. The molecule has 1 aromatic rings. The normalized spacial score (nSPS) is 21.0. The predicted octanol–water partition coefficient (Wildman–Crippen LogP) is 2.15. The fourth-order valence-electron chi connectivity index (χ4n) is 3.78. The maximum atomic E-state index is 12.6. The number of carbonyl (C=O) groups is 2. The molecule has 2 N–H and O–H groups in total. The number of piperidine rings is 1. The molecule has 142 valence electrons. The lowest BCUT2D eigenvalue weighted by molar-refractivity contribution is 0.0199. The Morgan fingerprint density at radius 1 is 1.23 bits per heavy atom. The van der Waals surface area contributed by atoms with Crippen molar-refractivity contribution in [2.24, 2.45) is 0 Å². The van der Waals surface area contributed by atoms with E-state index in [4.69, 9.17) is 4.74 Å². The van der Waals surface area contributed by atoms with E-state index < -0.39 is 0 Å². The molecule has 0 saturated carbocycles. The number of benzene rings is 1. The number of rotatable bonds is 4. The first-order valence-electron chi connectivity index (χ1n) is 9.25. The minimum absolute atomic E-state index is 0.154. The van der Waals surface area contributed by atoms with Crippen LogP contribution in [0.5, 0.6) is 5.75 Å². The number of methoxy groups -OCH3 is 1. The number of nitrogens with zero attached hydrogens (tertiary/aromatic N) is 2. The number of anilines is 1. The van der Waals surface area contributed by atoms with Gasteiger partial charge in [0.2, 0.25) is 0 Å². The predicted molar refractivity (Wildman–Crippen MR) is 101 cm³/mol. The molecule has 3 rings (SSSR count). The second kappa shape index (κ2) is 7.95. The van der Waals surface area contributed by atoms with Gasteiger partial charge in [-0.25, -0.2) is 4.79 Å². The first kappa shape index (κ1) is 18.5. The molecule has 0 aliphatic carbocycles. The lowest BCUT2D eigenvalue weighted by Crippen LogP contribution is -2.64. The van der Waals surface area contributed by atoms with Gasteiger partial charge in [-0.15, -0.1) is 0 Å². The van der Waals surface area contributed by atoms with E-state index in [1.165, 1.54) is 19.3 Å². The molecule has 2 aliphatic rings. The van der Waals surface area contributed by atoms with Gasteiger partial charge in [0.05, 0.1) is 12.8 Å². The first-order chi connectivity index (χ1) is 12.5. The molecule has 7 heteroatoms. The molecule has 2 aliphatic heterocycles. The van der Waals surface area contributed by atoms with Crippen molar-refractivity contribution in [1.82, 2.24) is 15.1 Å². The van der Waals surface area contributed by atoms with Crippen LogP contribution in [0, 0.1) is 0 Å². The summed E-state index contributed by atoms with van der Waals surface area (Å²) in [6, 6.07) is 5.90. The van der Waals surface area contributed by atoms with Gasteiger partial charge in [0.1, 0.15) is 5.75 Å². The third-order valence-corrected chi connectivity index (χ3v) is 5.40. The summed E-state index contributed by atoms with van der Waals surface area (Å²) in [6.07, 6.45) is 3.79. The molecule has 3 amide bonds. The lowest BCUT2D eigenvalue weighted by Gasteiger charge is -2.49. The fraction of sp³-hybridized carbons (Fsp3) is 0.579. The quantitative estimate of drug-likeness (QED) is 0.863. The van der Waals surface area contributed by atoms with Crippen LogP contribution in [-0.4, -0.2) is 67.6 Å². The Morgan fingerprint density at radius 2 is 2.00 bits per heavy atom. The average Bonchev–Trinajstić information content (AvgIpc) is 2.61. The lowest BCUT2D eigenvalue weighted by atomic mass is 9.98. The van der Waals surface area contributed by atoms with Gasteiger partial charge in [0.15, 0.2) is 0 Å². The van der Waals surface area contributed by atoms with Gasteiger partial charge in [-0.3, -0.25) is 9.69 Å². The van der Waals surface area contributed by atoms with E-state index in [9.17, 15) is 9.59 Å². The molecule has 0 radical (unpaired) electrons. The van der Waals surface area contributed by atoms with Crippen molar-refractivity contribution >= 4 is 17.6 Å². The SMILES string of the molecule is CNC(=O)c1ccc(OC)c(NC(=O)N2CC(N3CCCC[C@@H]3C)C2)c1. The molecule has 26 heavy (non-hydrogen) atoms. The summed E-state index contributed by atoms with van der Waals surface area (Å²) in [7, 11) is 3.12. The van der Waals surface area contributed by atoms with E-state index in [0.717, 1.165) is 19.6 Å². The van der Waals surface area contributed by atoms with E-state index in [1.54, 1.807) is 37.3 Å². The Bertz CT molecular complexity index is 673. The van der Waals surface area contributed by atoms with E-state index in [0.29, 0.717) is 29.1 Å². The highest BCUT2D eigenvalue weighted by Crippen LogP contribution is 2.28. The highest BCUT2D eigenvalue weighted by Gasteiger charge is 2.37. The Balaban J connectivity index is 1.61. The van der Waals surface area contributed by atoms with Gasteiger partial charge in [-0.1, -0.05) is 6.42 Å². The van der Waals surface area contributed by atoms with Gasteiger partial charge >= 0.3 is 6.03 Å². The van der Waals surface area contributed by atoms with Crippen molar-refractivity contribution in [3.05, 3.63) is 23.8 Å². The summed E-state index contributed by atoms with van der Waals surface area (Å²) in [6.45, 7) is 4.89. The van der Waals surface area contributed by atoms with Crippen LogP contribution in [0.1, 0.15) is 36.5 Å². The third kappa shape index (κ3) is 3.77. The molecule has 2 saturated heterocycles. The maximum absolute atomic E-state index is 12.6. The van der Waals surface area contributed by atoms with Crippen molar-refractivity contribution in [2.45, 2.75) is 38.3 Å². The number of likely N-dealkylation sites (tertiary alicyclic amines) is 2. The largest absolute Gasteiger partial charge is 0.495 e. The zero-order chi connectivity index (χ0) is 18.7. The second-order valence-electron chi connectivity index (χ2n) is 7.07. The number of nitrogens with one attached hydrogen (secondary N) is 2. The van der Waals surface area contributed by atoms with Crippen LogP contribution in [0.15, 0.2) is 18.2 Å². The van der Waals surface area contributed by atoms with Gasteiger partial charge < -0.3 is 20.3 Å². The van der Waals surface area contributed by atoms with Gasteiger partial charge in [-0.2, -0.15) is 0 Å². The summed E-state index contributed by atoms with van der Waals surface area (Å²) in [5.74, 6) is 0.332. The molecule has 0 unspecified atom stereocenters. The molecule has 0 bridgehead atoms. The standard InChI is InChI=1S/C19H28N4O3/c1-13-6-4-5-9-23(13)15-11-22(12-15)19(25)21-16-10-14(18(24)20-2)7-8-17(16)26-3/h7-8,10,13,15H,4-6,9,11-12H2,1-3H3,(H,20,24)(H,21,25)/t13-/m0/s1. The number of hydrogen-bond donors (Lipinski definition) is 2. The zero-order valence-corrected chi connectivity index (χ0v) is 15.7. The monoisotopic (exact) mass is 360 g/mol. The second-order valence-corrected chi connectivity index (χ2v) is 7.07. The molecular weight excluding hydrogens is 332 g/mol. The van der Waals surface area contributed by atoms with E-state index in [1.807, 2.05) is 0 Å².